The molecule has 0 bridgehead atoms. The zero-order valence-electron chi connectivity index (χ0n) is 25.5. The number of hydroxylamine groups is 2. The highest BCUT2D eigenvalue weighted by atomic mass is 32.3. The normalized spacial score (nSPS) is 17.0. The summed E-state index contributed by atoms with van der Waals surface area (Å²) in [6.45, 7) is 5.43. The summed E-state index contributed by atoms with van der Waals surface area (Å²) in [5.74, 6) is -3.75. The maximum absolute atomic E-state index is 13.3. The summed E-state index contributed by atoms with van der Waals surface area (Å²) in [5, 5.41) is 15.5. The molecular weight excluding hydrogens is 644 g/mol. The number of nitrogens with zero attached hydrogens (tertiary/aromatic N) is 5. The van der Waals surface area contributed by atoms with Gasteiger partial charge in [0.05, 0.1) is 18.5 Å². The maximum atomic E-state index is 13.3. The van der Waals surface area contributed by atoms with E-state index in [0.717, 1.165) is 42.0 Å². The van der Waals surface area contributed by atoms with Crippen molar-refractivity contribution in [2.24, 2.45) is 18.1 Å². The lowest BCUT2D eigenvalue weighted by Gasteiger charge is -2.50. The Morgan fingerprint density at radius 1 is 1.24 bits per heavy atom. The van der Waals surface area contributed by atoms with E-state index >= 15 is 0 Å². The van der Waals surface area contributed by atoms with Crippen LogP contribution in [0, 0.1) is 5.92 Å². The molecule has 3 aromatic rings. The van der Waals surface area contributed by atoms with Gasteiger partial charge in [-0.3, -0.25) is 14.1 Å². The second-order valence-corrected chi connectivity index (χ2v) is 12.9. The van der Waals surface area contributed by atoms with Gasteiger partial charge < -0.3 is 20.4 Å². The molecule has 0 saturated carbocycles. The number of carboxylic acids is 1. The number of rotatable bonds is 16. The molecule has 1 aliphatic rings. The summed E-state index contributed by atoms with van der Waals surface area (Å²) >= 11 is 0.993. The minimum absolute atomic E-state index is 0.0135. The number of aryl methyl sites for hydroxylation is 1. The first-order valence-corrected chi connectivity index (χ1v) is 16.4. The lowest BCUT2D eigenvalue weighted by atomic mass is 9.74. The minimum Gasteiger partial charge on any atom is -0.489 e. The average Bonchev–Trinajstić information content (AvgIpc) is 3.59. The van der Waals surface area contributed by atoms with E-state index in [1.807, 2.05) is 31.4 Å². The van der Waals surface area contributed by atoms with Crippen LogP contribution in [0.15, 0.2) is 47.1 Å². The zero-order chi connectivity index (χ0) is 33.8. The number of carbonyl (C=O) groups is 3. The predicted molar refractivity (Wildman–Crippen MR) is 164 cm³/mol. The molecule has 1 aromatic carbocycles. The van der Waals surface area contributed by atoms with Crippen molar-refractivity contribution < 1.29 is 51.0 Å². The van der Waals surface area contributed by atoms with Crippen molar-refractivity contribution >= 4 is 50.2 Å². The number of oxime groups is 1. The zero-order valence-corrected chi connectivity index (χ0v) is 27.2. The van der Waals surface area contributed by atoms with Crippen molar-refractivity contribution in [1.82, 2.24) is 14.7 Å². The van der Waals surface area contributed by atoms with Crippen LogP contribution in [0.1, 0.15) is 45.7 Å². The molecule has 4 N–H and O–H groups in total. The topological polar surface area (TPSA) is 217 Å². The van der Waals surface area contributed by atoms with Crippen molar-refractivity contribution in [1.29, 1.82) is 0 Å². The van der Waals surface area contributed by atoms with Crippen LogP contribution in [0.3, 0.4) is 0 Å². The Balaban J connectivity index is 1.45. The molecule has 1 fully saturated rings. The van der Waals surface area contributed by atoms with E-state index in [4.69, 9.17) is 19.9 Å². The van der Waals surface area contributed by atoms with Gasteiger partial charge in [-0.1, -0.05) is 18.5 Å². The number of aromatic nitrogens is 3. The smallest absolute Gasteiger partial charge is 0.418 e. The van der Waals surface area contributed by atoms with E-state index in [0.29, 0.717) is 10.8 Å². The number of thiazole rings is 1. The number of β-lactam (4-membered cyclic amide) rings is 1. The van der Waals surface area contributed by atoms with Crippen molar-refractivity contribution in [3.8, 4) is 17.0 Å². The number of nitrogens with two attached hydrogens (primary N) is 1. The highest BCUT2D eigenvalue weighted by Crippen LogP contribution is 2.40. The van der Waals surface area contributed by atoms with Crippen molar-refractivity contribution in [3.63, 3.8) is 0 Å². The van der Waals surface area contributed by atoms with Crippen LogP contribution in [0.25, 0.3) is 11.3 Å². The molecule has 248 valence electrons. The molecule has 0 spiro atoms. The molecule has 46 heavy (non-hydrogen) atoms. The molecule has 1 saturated heterocycles. The summed E-state index contributed by atoms with van der Waals surface area (Å²) in [7, 11) is -3.01. The lowest BCUT2D eigenvalue weighted by molar-refractivity contribution is -0.772. The van der Waals surface area contributed by atoms with Gasteiger partial charge in [0.15, 0.2) is 29.4 Å². The highest BCUT2D eigenvalue weighted by molar-refractivity contribution is 7.80. The number of carboxylic acid groups (broad SMARTS) is 1. The number of aliphatic carboxylic acids is 1. The number of anilines is 1. The summed E-state index contributed by atoms with van der Waals surface area (Å²) in [5.41, 5.74) is 5.92. The Kier molecular flexibility index (Phi) is 10.4. The maximum Gasteiger partial charge on any atom is 0.418 e. The van der Waals surface area contributed by atoms with Gasteiger partial charge in [-0.25, -0.2) is 9.78 Å². The van der Waals surface area contributed by atoms with E-state index in [-0.39, 0.29) is 10.8 Å². The van der Waals surface area contributed by atoms with Crippen LogP contribution in [-0.4, -0.2) is 74.4 Å². The van der Waals surface area contributed by atoms with Gasteiger partial charge in [-0.15, -0.1) is 20.3 Å². The highest BCUT2D eigenvalue weighted by Gasteiger charge is 2.57. The molecule has 18 heteroatoms. The third-order valence-corrected chi connectivity index (χ3v) is 8.45. The number of hydrogen-bond donors (Lipinski definition) is 3. The Morgan fingerprint density at radius 3 is 2.50 bits per heavy atom. The number of benzene rings is 1. The first kappa shape index (κ1) is 34.5. The standard InChI is InChI=1S/C28H34N6O10S2/c1-5-6-12-33-13-11-21(32(33)4)17-7-9-18(10-8-17)42-15-23(26(37)38)43-31-24(20-16-45-27(29)30-20)22(35)14-19-25(36)34(28(19,2)3)44-46(39,40)41/h7-11,13,16,19,23H,5-6,12,14-15H2,1-4H3,(H3-,29,30,37,38,39,40,41)/p+1/b31-24-/t19-,23+/m1/s1. The second-order valence-electron chi connectivity index (χ2n) is 11.0. The molecule has 1 aliphatic heterocycles. The summed E-state index contributed by atoms with van der Waals surface area (Å²) in [6.07, 6.45) is 2.04. The van der Waals surface area contributed by atoms with Gasteiger partial charge in [0, 0.05) is 29.9 Å². The molecule has 4 rings (SSSR count). The number of amides is 1. The monoisotopic (exact) mass is 679 g/mol. The molecule has 16 nitrogen and oxygen atoms in total. The first-order chi connectivity index (χ1) is 21.6. The molecule has 0 aliphatic carbocycles. The van der Waals surface area contributed by atoms with E-state index in [9.17, 15) is 27.9 Å². The molecule has 3 heterocycles. The van der Waals surface area contributed by atoms with Gasteiger partial charge >= 0.3 is 16.4 Å². The number of nitrogen functional groups attached to an aromatic ring is 1. The Morgan fingerprint density at radius 2 is 1.93 bits per heavy atom. The van der Waals surface area contributed by atoms with E-state index < -0.39 is 64.4 Å². The SMILES string of the molecule is CCCC[n+]1ccc(-c2ccc(OC[C@H](O/N=C(\C(=O)C[C@@H]3C(=O)N(OS(=O)(=O)O)C3(C)C)c3csc(N)n3)C(=O)O)cc2)n1C. The summed E-state index contributed by atoms with van der Waals surface area (Å²) in [4.78, 5) is 47.1. The molecule has 0 unspecified atom stereocenters. The molecule has 0 radical (unpaired) electrons. The van der Waals surface area contributed by atoms with E-state index in [1.54, 1.807) is 12.1 Å². The van der Waals surface area contributed by atoms with Crippen molar-refractivity contribution in [2.45, 2.75) is 58.2 Å². The number of carbonyl (C=O) groups excluding carboxylic acids is 2. The Bertz CT molecular complexity index is 1730. The Labute approximate surface area is 268 Å². The quantitative estimate of drug-likeness (QED) is 0.0651. The van der Waals surface area contributed by atoms with Gasteiger partial charge in [-0.05, 0) is 38.1 Å². The fraction of sp³-hybridized carbons (Fsp3) is 0.429. The molecule has 2 aromatic heterocycles. The minimum atomic E-state index is -4.98. The second kappa shape index (κ2) is 13.9. The van der Waals surface area contributed by atoms with Crippen LogP contribution in [0.2, 0.25) is 0 Å². The van der Waals surface area contributed by atoms with Gasteiger partial charge in [0.1, 0.15) is 23.7 Å². The van der Waals surface area contributed by atoms with E-state index in [1.165, 1.54) is 19.2 Å². The summed E-state index contributed by atoms with van der Waals surface area (Å²) in [6, 6.07) is 9.09. The lowest BCUT2D eigenvalue weighted by Crippen LogP contribution is -2.68. The van der Waals surface area contributed by atoms with Crippen LogP contribution in [0.5, 0.6) is 5.75 Å². The van der Waals surface area contributed by atoms with Crippen LogP contribution in [-0.2, 0) is 47.5 Å². The van der Waals surface area contributed by atoms with Crippen LogP contribution < -0.4 is 15.2 Å². The molecular formula is C28H35N6O10S2+. The first-order valence-electron chi connectivity index (χ1n) is 14.1. The van der Waals surface area contributed by atoms with Crippen molar-refractivity contribution in [2.75, 3.05) is 12.3 Å². The fourth-order valence-electron chi connectivity index (χ4n) is 4.77. The third kappa shape index (κ3) is 7.87. The number of unbranched alkanes of at least 4 members (excludes halogenated alkanes) is 1. The Hall–Kier alpha value is -4.39. The van der Waals surface area contributed by atoms with Gasteiger partial charge in [0.2, 0.25) is 0 Å². The van der Waals surface area contributed by atoms with Crippen molar-refractivity contribution in [3.05, 3.63) is 47.6 Å². The fourth-order valence-corrected chi connectivity index (χ4v) is 5.78. The van der Waals surface area contributed by atoms with Crippen LogP contribution >= 0.6 is 11.3 Å². The summed E-state index contributed by atoms with van der Waals surface area (Å²) < 4.78 is 45.3. The largest absolute Gasteiger partial charge is 0.489 e. The number of ketones is 1. The molecule has 1 amide bonds. The number of hydrogen-bond acceptors (Lipinski definition) is 12. The van der Waals surface area contributed by atoms with E-state index in [2.05, 4.69) is 30.7 Å². The van der Waals surface area contributed by atoms with Gasteiger partial charge in [0.25, 0.3) is 12.0 Å². The molecule has 2 atom stereocenters. The average molecular weight is 680 g/mol. The predicted octanol–water partition coefficient (Wildman–Crippen LogP) is 2.00. The van der Waals surface area contributed by atoms with Crippen LogP contribution in [0.4, 0.5) is 5.13 Å². The van der Waals surface area contributed by atoms with Gasteiger partial charge in [-0.2, -0.15) is 18.2 Å². The third-order valence-electron chi connectivity index (χ3n) is 7.44. The number of ether oxygens (including phenoxy) is 1. The number of Topliss-reactive ketones (excluding diaryl/α,β-unsaturated/α-hetero) is 1.